The minimum absolute atomic E-state index is 0.437. The van der Waals surface area contributed by atoms with Crippen molar-refractivity contribution in [3.63, 3.8) is 0 Å². The summed E-state index contributed by atoms with van der Waals surface area (Å²) in [4.78, 5) is 0. The maximum atomic E-state index is 5.87. The molecular weight excluding hydrogens is 166 g/mol. The molecule has 0 aromatic heterocycles. The van der Waals surface area contributed by atoms with Crippen molar-refractivity contribution in [1.29, 1.82) is 0 Å². The molecule has 0 spiro atoms. The summed E-state index contributed by atoms with van der Waals surface area (Å²) >= 11 is 2.10. The van der Waals surface area contributed by atoms with Crippen LogP contribution in [0.25, 0.3) is 0 Å². The first kappa shape index (κ1) is 10.4. The fourth-order valence-corrected chi connectivity index (χ4v) is 3.69. The van der Waals surface area contributed by atoms with Gasteiger partial charge < -0.3 is 5.73 Å². The van der Waals surface area contributed by atoms with Gasteiger partial charge in [-0.3, -0.25) is 0 Å². The van der Waals surface area contributed by atoms with Gasteiger partial charge >= 0.3 is 0 Å². The lowest BCUT2D eigenvalue weighted by molar-refractivity contribution is 0.403. The Balaban J connectivity index is 2.48. The van der Waals surface area contributed by atoms with E-state index < -0.39 is 0 Å². The van der Waals surface area contributed by atoms with Crippen molar-refractivity contribution in [3.8, 4) is 0 Å². The second-order valence-corrected chi connectivity index (χ2v) is 6.16. The van der Waals surface area contributed by atoms with E-state index in [1.54, 1.807) is 0 Å². The van der Waals surface area contributed by atoms with Crippen molar-refractivity contribution in [2.75, 3.05) is 6.54 Å². The molecule has 12 heavy (non-hydrogen) atoms. The Morgan fingerprint density at radius 2 is 1.83 bits per heavy atom. The molecule has 72 valence electrons. The summed E-state index contributed by atoms with van der Waals surface area (Å²) in [5.41, 5.74) is 5.87. The first-order valence-corrected chi connectivity index (χ1v) is 5.94. The quantitative estimate of drug-likeness (QED) is 0.735. The fraction of sp³-hybridized carbons (Fsp3) is 1.00. The number of nitrogens with two attached hydrogens (primary N) is 1. The van der Waals surface area contributed by atoms with E-state index in [4.69, 9.17) is 5.73 Å². The Hall–Kier alpha value is 0.310. The molecule has 1 saturated carbocycles. The molecule has 0 bridgehead atoms. The highest BCUT2D eigenvalue weighted by atomic mass is 32.2. The SMILES string of the molecule is CC(C)SC1(CN)CCCCC1. The van der Waals surface area contributed by atoms with E-state index in [0.717, 1.165) is 11.8 Å². The third-order valence-corrected chi connectivity index (χ3v) is 4.17. The maximum absolute atomic E-state index is 5.87. The Morgan fingerprint density at radius 1 is 1.25 bits per heavy atom. The molecule has 0 heterocycles. The zero-order valence-electron chi connectivity index (χ0n) is 8.31. The van der Waals surface area contributed by atoms with Gasteiger partial charge in [0.05, 0.1) is 0 Å². The topological polar surface area (TPSA) is 26.0 Å². The molecule has 1 aliphatic carbocycles. The van der Waals surface area contributed by atoms with Crippen LogP contribution in [0.2, 0.25) is 0 Å². The summed E-state index contributed by atoms with van der Waals surface area (Å²) in [6, 6.07) is 0. The second kappa shape index (κ2) is 4.52. The molecule has 0 radical (unpaired) electrons. The van der Waals surface area contributed by atoms with Gasteiger partial charge in [-0.05, 0) is 18.1 Å². The molecule has 0 aromatic rings. The molecular formula is C10H21NS. The second-order valence-electron chi connectivity index (χ2n) is 4.11. The summed E-state index contributed by atoms with van der Waals surface area (Å²) in [6.45, 7) is 5.42. The summed E-state index contributed by atoms with van der Waals surface area (Å²) in [7, 11) is 0. The standard InChI is InChI=1S/C10H21NS/c1-9(2)12-10(8-11)6-4-3-5-7-10/h9H,3-8,11H2,1-2H3. The summed E-state index contributed by atoms with van der Waals surface area (Å²) in [6.07, 6.45) is 6.87. The van der Waals surface area contributed by atoms with Crippen molar-refractivity contribution in [2.24, 2.45) is 5.73 Å². The van der Waals surface area contributed by atoms with E-state index >= 15 is 0 Å². The molecule has 1 rings (SSSR count). The van der Waals surface area contributed by atoms with Crippen molar-refractivity contribution < 1.29 is 0 Å². The third-order valence-electron chi connectivity index (χ3n) is 2.62. The number of thioether (sulfide) groups is 1. The van der Waals surface area contributed by atoms with Gasteiger partial charge in [-0.2, -0.15) is 11.8 Å². The van der Waals surface area contributed by atoms with Crippen molar-refractivity contribution in [2.45, 2.75) is 55.9 Å². The molecule has 1 aliphatic rings. The monoisotopic (exact) mass is 187 g/mol. The minimum atomic E-state index is 0.437. The van der Waals surface area contributed by atoms with Crippen LogP contribution in [-0.4, -0.2) is 16.5 Å². The van der Waals surface area contributed by atoms with Gasteiger partial charge in [0.2, 0.25) is 0 Å². The van der Waals surface area contributed by atoms with E-state index in [9.17, 15) is 0 Å². The normalized spacial score (nSPS) is 23.0. The highest BCUT2D eigenvalue weighted by Gasteiger charge is 2.31. The zero-order chi connectivity index (χ0) is 9.03. The lowest BCUT2D eigenvalue weighted by atomic mass is 9.88. The lowest BCUT2D eigenvalue weighted by Gasteiger charge is -2.37. The average Bonchev–Trinajstić information content (AvgIpc) is 2.05. The van der Waals surface area contributed by atoms with Crippen molar-refractivity contribution >= 4 is 11.8 Å². The molecule has 2 N–H and O–H groups in total. The lowest BCUT2D eigenvalue weighted by Crippen LogP contribution is -2.37. The number of rotatable bonds is 3. The van der Waals surface area contributed by atoms with Crippen LogP contribution in [0.15, 0.2) is 0 Å². The van der Waals surface area contributed by atoms with Crippen LogP contribution in [-0.2, 0) is 0 Å². The van der Waals surface area contributed by atoms with Crippen LogP contribution in [0.1, 0.15) is 46.0 Å². The third kappa shape index (κ3) is 2.67. The fourth-order valence-electron chi connectivity index (χ4n) is 2.07. The molecule has 2 heteroatoms. The van der Waals surface area contributed by atoms with Crippen LogP contribution in [0.5, 0.6) is 0 Å². The predicted octanol–water partition coefficient (Wildman–Crippen LogP) is 2.79. The van der Waals surface area contributed by atoms with Crippen molar-refractivity contribution in [1.82, 2.24) is 0 Å². The van der Waals surface area contributed by atoms with Gasteiger partial charge in [-0.1, -0.05) is 33.1 Å². The van der Waals surface area contributed by atoms with E-state index in [-0.39, 0.29) is 0 Å². The summed E-state index contributed by atoms with van der Waals surface area (Å²) in [5, 5.41) is 0.728. The molecule has 1 fully saturated rings. The Labute approximate surface area is 80.5 Å². The van der Waals surface area contributed by atoms with Gasteiger partial charge in [0.15, 0.2) is 0 Å². The van der Waals surface area contributed by atoms with Crippen LogP contribution in [0, 0.1) is 0 Å². The van der Waals surface area contributed by atoms with Gasteiger partial charge in [0.25, 0.3) is 0 Å². The summed E-state index contributed by atoms with van der Waals surface area (Å²) < 4.78 is 0.437. The Bertz CT molecular complexity index is 128. The van der Waals surface area contributed by atoms with Crippen molar-refractivity contribution in [3.05, 3.63) is 0 Å². The smallest absolute Gasteiger partial charge is 0.0284 e. The Kier molecular flexibility index (Phi) is 3.91. The zero-order valence-corrected chi connectivity index (χ0v) is 9.12. The van der Waals surface area contributed by atoms with Crippen LogP contribution in [0.4, 0.5) is 0 Å². The average molecular weight is 187 g/mol. The molecule has 1 nitrogen and oxygen atoms in total. The van der Waals surface area contributed by atoms with Crippen LogP contribution >= 0.6 is 11.8 Å². The summed E-state index contributed by atoms with van der Waals surface area (Å²) in [5.74, 6) is 0. The van der Waals surface area contributed by atoms with E-state index in [1.165, 1.54) is 32.1 Å². The molecule has 0 unspecified atom stereocenters. The largest absolute Gasteiger partial charge is 0.329 e. The highest BCUT2D eigenvalue weighted by Crippen LogP contribution is 2.40. The number of hydrogen-bond donors (Lipinski definition) is 1. The van der Waals surface area contributed by atoms with Gasteiger partial charge in [-0.15, -0.1) is 0 Å². The van der Waals surface area contributed by atoms with Gasteiger partial charge in [0, 0.05) is 11.3 Å². The predicted molar refractivity (Wildman–Crippen MR) is 57.6 cm³/mol. The highest BCUT2D eigenvalue weighted by molar-refractivity contribution is 8.01. The van der Waals surface area contributed by atoms with E-state index in [0.29, 0.717) is 4.75 Å². The maximum Gasteiger partial charge on any atom is 0.0284 e. The first-order valence-electron chi connectivity index (χ1n) is 5.06. The Morgan fingerprint density at radius 3 is 2.25 bits per heavy atom. The van der Waals surface area contributed by atoms with E-state index in [2.05, 4.69) is 25.6 Å². The minimum Gasteiger partial charge on any atom is -0.329 e. The van der Waals surface area contributed by atoms with Crippen LogP contribution < -0.4 is 5.73 Å². The van der Waals surface area contributed by atoms with Gasteiger partial charge in [0.1, 0.15) is 0 Å². The molecule has 0 atom stereocenters. The molecule has 0 aromatic carbocycles. The first-order chi connectivity index (χ1) is 5.68. The van der Waals surface area contributed by atoms with Gasteiger partial charge in [-0.25, -0.2) is 0 Å². The molecule has 0 saturated heterocycles. The van der Waals surface area contributed by atoms with E-state index in [1.807, 2.05) is 0 Å². The number of hydrogen-bond acceptors (Lipinski definition) is 2. The van der Waals surface area contributed by atoms with Crippen LogP contribution in [0.3, 0.4) is 0 Å². The molecule has 0 aliphatic heterocycles. The molecule has 0 amide bonds.